The van der Waals surface area contributed by atoms with E-state index in [4.69, 9.17) is 0 Å². The third kappa shape index (κ3) is 2.20. The maximum Gasteiger partial charge on any atom is 0.0954 e. The van der Waals surface area contributed by atoms with Gasteiger partial charge < -0.3 is 5.11 Å². The molecule has 0 aliphatic carbocycles. The highest BCUT2D eigenvalue weighted by atomic mass is 32.1. The van der Waals surface area contributed by atoms with Crippen LogP contribution in [0.4, 0.5) is 0 Å². The van der Waals surface area contributed by atoms with Gasteiger partial charge in [0.1, 0.15) is 0 Å². The van der Waals surface area contributed by atoms with Crippen LogP contribution in [0, 0.1) is 6.92 Å². The first-order valence-electron chi connectivity index (χ1n) is 4.38. The first-order valence-corrected chi connectivity index (χ1v) is 6.08. The van der Waals surface area contributed by atoms with Gasteiger partial charge in [-0.25, -0.2) is 4.98 Å². The van der Waals surface area contributed by atoms with E-state index in [2.05, 4.69) is 4.98 Å². The average Bonchev–Trinajstić information content (AvgIpc) is 2.75. The van der Waals surface area contributed by atoms with Crippen molar-refractivity contribution in [1.29, 1.82) is 0 Å². The Morgan fingerprint density at radius 2 is 2.36 bits per heavy atom. The predicted molar refractivity (Wildman–Crippen MR) is 59.8 cm³/mol. The number of rotatable bonds is 3. The number of aliphatic hydroxyl groups is 1. The predicted octanol–water partition coefficient (Wildman–Crippen LogP) is 2.79. The second-order valence-corrected chi connectivity index (χ2v) is 5.39. The maximum absolute atomic E-state index is 9.88. The average molecular weight is 225 g/mol. The molecule has 0 fully saturated rings. The second-order valence-electron chi connectivity index (χ2n) is 3.09. The van der Waals surface area contributed by atoms with Crippen molar-refractivity contribution in [2.45, 2.75) is 19.4 Å². The van der Waals surface area contributed by atoms with E-state index in [0.29, 0.717) is 6.42 Å². The van der Waals surface area contributed by atoms with Crippen molar-refractivity contribution < 1.29 is 5.11 Å². The van der Waals surface area contributed by atoms with E-state index in [1.54, 1.807) is 28.9 Å². The van der Waals surface area contributed by atoms with Crippen LogP contribution in [-0.4, -0.2) is 10.1 Å². The van der Waals surface area contributed by atoms with E-state index in [-0.39, 0.29) is 0 Å². The van der Waals surface area contributed by atoms with Crippen LogP contribution in [0.5, 0.6) is 0 Å². The minimum absolute atomic E-state index is 0.403. The van der Waals surface area contributed by atoms with Crippen molar-refractivity contribution in [3.63, 3.8) is 0 Å². The van der Waals surface area contributed by atoms with Gasteiger partial charge in [0.15, 0.2) is 0 Å². The molecule has 0 aliphatic rings. The molecule has 2 rings (SSSR count). The van der Waals surface area contributed by atoms with Crippen molar-refractivity contribution in [1.82, 2.24) is 4.98 Å². The Morgan fingerprint density at radius 3 is 2.93 bits per heavy atom. The fraction of sp³-hybridized carbons (Fsp3) is 0.300. The molecule has 14 heavy (non-hydrogen) atoms. The zero-order chi connectivity index (χ0) is 9.97. The van der Waals surface area contributed by atoms with Gasteiger partial charge >= 0.3 is 0 Å². The molecule has 74 valence electrons. The van der Waals surface area contributed by atoms with Crippen molar-refractivity contribution in [2.24, 2.45) is 0 Å². The lowest BCUT2D eigenvalue weighted by Gasteiger charge is -2.04. The molecule has 0 saturated heterocycles. The highest BCUT2D eigenvalue weighted by Gasteiger charge is 2.11. The molecule has 0 bridgehead atoms. The van der Waals surface area contributed by atoms with Gasteiger partial charge in [0.05, 0.1) is 11.1 Å². The lowest BCUT2D eigenvalue weighted by molar-refractivity contribution is 0.182. The van der Waals surface area contributed by atoms with Crippen LogP contribution in [0.2, 0.25) is 0 Å². The summed E-state index contributed by atoms with van der Waals surface area (Å²) in [4.78, 5) is 6.41. The summed E-state index contributed by atoms with van der Waals surface area (Å²) in [5.74, 6) is 0. The van der Waals surface area contributed by atoms with Gasteiger partial charge in [-0.3, -0.25) is 0 Å². The summed E-state index contributed by atoms with van der Waals surface area (Å²) >= 11 is 3.23. The van der Waals surface area contributed by atoms with E-state index >= 15 is 0 Å². The summed E-state index contributed by atoms with van der Waals surface area (Å²) in [6.45, 7) is 2.05. The van der Waals surface area contributed by atoms with Gasteiger partial charge in [-0.2, -0.15) is 0 Å². The normalized spacial score (nSPS) is 13.0. The molecular weight excluding hydrogens is 214 g/mol. The largest absolute Gasteiger partial charge is 0.387 e. The van der Waals surface area contributed by atoms with E-state index in [1.165, 1.54) is 4.88 Å². The minimum atomic E-state index is -0.403. The topological polar surface area (TPSA) is 33.1 Å². The van der Waals surface area contributed by atoms with Gasteiger partial charge in [-0.05, 0) is 19.1 Å². The molecule has 1 atom stereocenters. The Balaban J connectivity index is 2.06. The summed E-state index contributed by atoms with van der Waals surface area (Å²) < 4.78 is 0. The maximum atomic E-state index is 9.88. The number of thiazole rings is 1. The summed E-state index contributed by atoms with van der Waals surface area (Å²) in [5, 5.41) is 12.8. The lowest BCUT2D eigenvalue weighted by atomic mass is 10.2. The van der Waals surface area contributed by atoms with Crippen LogP contribution < -0.4 is 0 Å². The lowest BCUT2D eigenvalue weighted by Crippen LogP contribution is -1.98. The van der Waals surface area contributed by atoms with Crippen LogP contribution >= 0.6 is 22.7 Å². The molecule has 0 spiro atoms. The standard InChI is InChI=1S/C10H11NOS2/c1-7-2-3-9(14-7)8(12)6-10-11-4-5-13-10/h2-5,8,12H,6H2,1H3. The number of hydrogen-bond donors (Lipinski definition) is 1. The number of thiophene rings is 1. The van der Waals surface area contributed by atoms with Gasteiger partial charge in [-0.1, -0.05) is 0 Å². The fourth-order valence-electron chi connectivity index (χ4n) is 1.25. The Morgan fingerprint density at radius 1 is 1.50 bits per heavy atom. The Kier molecular flexibility index (Phi) is 2.96. The first-order chi connectivity index (χ1) is 6.75. The monoisotopic (exact) mass is 225 g/mol. The molecule has 0 radical (unpaired) electrons. The first kappa shape index (κ1) is 9.83. The summed E-state index contributed by atoms with van der Waals surface area (Å²) in [6.07, 6.45) is 1.99. The molecule has 0 aliphatic heterocycles. The summed E-state index contributed by atoms with van der Waals surface area (Å²) in [5.41, 5.74) is 0. The van der Waals surface area contributed by atoms with Crippen molar-refractivity contribution in [2.75, 3.05) is 0 Å². The summed E-state index contributed by atoms with van der Waals surface area (Å²) in [7, 11) is 0. The molecular formula is C10H11NOS2. The van der Waals surface area contributed by atoms with Gasteiger partial charge in [-0.15, -0.1) is 22.7 Å². The molecule has 2 aromatic rings. The van der Waals surface area contributed by atoms with E-state index in [1.807, 2.05) is 24.4 Å². The number of hydrogen-bond acceptors (Lipinski definition) is 4. The van der Waals surface area contributed by atoms with Crippen LogP contribution in [0.1, 0.15) is 20.9 Å². The molecule has 0 saturated carbocycles. The van der Waals surface area contributed by atoms with Crippen molar-refractivity contribution >= 4 is 22.7 Å². The zero-order valence-corrected chi connectivity index (χ0v) is 9.44. The zero-order valence-electron chi connectivity index (χ0n) is 7.80. The van der Waals surface area contributed by atoms with E-state index in [9.17, 15) is 5.11 Å². The smallest absolute Gasteiger partial charge is 0.0954 e. The molecule has 2 heterocycles. The Bertz CT molecular complexity index is 394. The molecule has 2 aromatic heterocycles. The molecule has 2 nitrogen and oxygen atoms in total. The van der Waals surface area contributed by atoms with Crippen LogP contribution in [0.25, 0.3) is 0 Å². The SMILES string of the molecule is Cc1ccc(C(O)Cc2nccs2)s1. The van der Waals surface area contributed by atoms with Crippen LogP contribution in [0.15, 0.2) is 23.7 Å². The highest BCUT2D eigenvalue weighted by Crippen LogP contribution is 2.25. The number of aliphatic hydroxyl groups excluding tert-OH is 1. The molecule has 0 amide bonds. The van der Waals surface area contributed by atoms with Gasteiger partial charge in [0.2, 0.25) is 0 Å². The Hall–Kier alpha value is -0.710. The molecule has 1 N–H and O–H groups in total. The second kappa shape index (κ2) is 4.21. The third-order valence-electron chi connectivity index (χ3n) is 1.94. The quantitative estimate of drug-likeness (QED) is 0.871. The fourth-order valence-corrected chi connectivity index (χ4v) is 2.77. The number of aryl methyl sites for hydroxylation is 1. The van der Waals surface area contributed by atoms with Crippen LogP contribution in [-0.2, 0) is 6.42 Å². The van der Waals surface area contributed by atoms with Crippen molar-refractivity contribution in [3.05, 3.63) is 38.5 Å². The van der Waals surface area contributed by atoms with Gasteiger partial charge in [0.25, 0.3) is 0 Å². The number of nitrogens with zero attached hydrogens (tertiary/aromatic N) is 1. The van der Waals surface area contributed by atoms with Gasteiger partial charge in [0, 0.05) is 27.8 Å². The Labute approximate surface area is 90.9 Å². The molecule has 1 unspecified atom stereocenters. The van der Waals surface area contributed by atoms with E-state index in [0.717, 1.165) is 9.88 Å². The highest BCUT2D eigenvalue weighted by molar-refractivity contribution is 7.12. The summed E-state index contributed by atoms with van der Waals surface area (Å²) in [6, 6.07) is 4.02. The van der Waals surface area contributed by atoms with Crippen molar-refractivity contribution in [3.8, 4) is 0 Å². The number of aromatic nitrogens is 1. The minimum Gasteiger partial charge on any atom is -0.387 e. The van der Waals surface area contributed by atoms with Crippen LogP contribution in [0.3, 0.4) is 0 Å². The third-order valence-corrected chi connectivity index (χ3v) is 3.84. The van der Waals surface area contributed by atoms with E-state index < -0.39 is 6.10 Å². The molecule has 4 heteroatoms. The molecule has 0 aromatic carbocycles.